The Morgan fingerprint density at radius 3 is 2.20 bits per heavy atom. The first-order valence-corrected chi connectivity index (χ1v) is 9.59. The summed E-state index contributed by atoms with van der Waals surface area (Å²) >= 11 is 0. The number of ether oxygens (including phenoxy) is 5. The van der Waals surface area contributed by atoms with Crippen molar-refractivity contribution in [2.24, 2.45) is 5.10 Å². The molecule has 0 saturated carbocycles. The summed E-state index contributed by atoms with van der Waals surface area (Å²) in [6.45, 7) is 2.62. The molecule has 0 aliphatic rings. The SMILES string of the molecule is CCCCOc1ccc(OCC(=O)N/N=C/c2ccc(OC)c(OC)c2OC)cc1. The Morgan fingerprint density at radius 1 is 0.933 bits per heavy atom. The van der Waals surface area contributed by atoms with Gasteiger partial charge in [-0.15, -0.1) is 0 Å². The van der Waals surface area contributed by atoms with Crippen molar-refractivity contribution < 1.29 is 28.5 Å². The Kier molecular flexibility index (Phi) is 9.30. The van der Waals surface area contributed by atoms with Gasteiger partial charge in [0.25, 0.3) is 5.91 Å². The fourth-order valence-corrected chi connectivity index (χ4v) is 2.55. The first kappa shape index (κ1) is 22.9. The molecule has 0 aliphatic carbocycles. The Hall–Kier alpha value is -3.42. The van der Waals surface area contributed by atoms with Gasteiger partial charge in [0.2, 0.25) is 5.75 Å². The molecule has 0 heterocycles. The second kappa shape index (κ2) is 12.2. The van der Waals surface area contributed by atoms with Crippen LogP contribution in [0.5, 0.6) is 28.7 Å². The van der Waals surface area contributed by atoms with Crippen molar-refractivity contribution >= 4 is 12.1 Å². The van der Waals surface area contributed by atoms with E-state index in [2.05, 4.69) is 17.5 Å². The Labute approximate surface area is 176 Å². The predicted molar refractivity (Wildman–Crippen MR) is 114 cm³/mol. The van der Waals surface area contributed by atoms with Crippen molar-refractivity contribution in [3.8, 4) is 28.7 Å². The van der Waals surface area contributed by atoms with Crippen LogP contribution in [0, 0.1) is 0 Å². The van der Waals surface area contributed by atoms with E-state index in [-0.39, 0.29) is 6.61 Å². The van der Waals surface area contributed by atoms with Gasteiger partial charge in [-0.25, -0.2) is 5.43 Å². The molecule has 0 atom stereocenters. The molecule has 8 heteroatoms. The normalized spacial score (nSPS) is 10.5. The number of rotatable bonds is 12. The number of amides is 1. The maximum atomic E-state index is 12.0. The van der Waals surface area contributed by atoms with Gasteiger partial charge in [0.05, 0.1) is 34.2 Å². The van der Waals surface area contributed by atoms with Gasteiger partial charge in [-0.2, -0.15) is 5.10 Å². The number of hydrazone groups is 1. The molecule has 2 aromatic rings. The summed E-state index contributed by atoms with van der Waals surface area (Å²) in [7, 11) is 4.57. The highest BCUT2D eigenvalue weighted by Crippen LogP contribution is 2.38. The second-order valence-corrected chi connectivity index (χ2v) is 6.18. The van der Waals surface area contributed by atoms with Crippen LogP contribution in [0.25, 0.3) is 0 Å². The largest absolute Gasteiger partial charge is 0.494 e. The second-order valence-electron chi connectivity index (χ2n) is 6.18. The monoisotopic (exact) mass is 416 g/mol. The van der Waals surface area contributed by atoms with Gasteiger partial charge in [-0.05, 0) is 42.8 Å². The van der Waals surface area contributed by atoms with Crippen LogP contribution in [0.4, 0.5) is 0 Å². The van der Waals surface area contributed by atoms with E-state index in [1.54, 1.807) is 24.3 Å². The molecule has 0 saturated heterocycles. The number of carbonyl (C=O) groups is 1. The van der Waals surface area contributed by atoms with E-state index in [0.29, 0.717) is 35.2 Å². The summed E-state index contributed by atoms with van der Waals surface area (Å²) in [5, 5.41) is 3.95. The van der Waals surface area contributed by atoms with Crippen LogP contribution in [-0.2, 0) is 4.79 Å². The molecule has 0 aromatic heterocycles. The van der Waals surface area contributed by atoms with E-state index >= 15 is 0 Å². The van der Waals surface area contributed by atoms with Gasteiger partial charge in [0.1, 0.15) is 11.5 Å². The zero-order chi connectivity index (χ0) is 21.8. The number of benzene rings is 2. The molecule has 0 aliphatic heterocycles. The molecule has 0 fully saturated rings. The van der Waals surface area contributed by atoms with Crippen molar-refractivity contribution in [3.05, 3.63) is 42.0 Å². The highest BCUT2D eigenvalue weighted by Gasteiger charge is 2.14. The summed E-state index contributed by atoms with van der Waals surface area (Å²) in [5.74, 6) is 2.38. The van der Waals surface area contributed by atoms with Gasteiger partial charge in [-0.1, -0.05) is 13.3 Å². The lowest BCUT2D eigenvalue weighted by atomic mass is 10.2. The fourth-order valence-electron chi connectivity index (χ4n) is 2.55. The molecule has 0 radical (unpaired) electrons. The van der Waals surface area contributed by atoms with Crippen LogP contribution < -0.4 is 29.1 Å². The minimum Gasteiger partial charge on any atom is -0.494 e. The number of methoxy groups -OCH3 is 3. The molecule has 162 valence electrons. The third-order valence-electron chi connectivity index (χ3n) is 4.09. The maximum absolute atomic E-state index is 12.0. The van der Waals surface area contributed by atoms with Crippen molar-refractivity contribution in [3.63, 3.8) is 0 Å². The van der Waals surface area contributed by atoms with Crippen LogP contribution in [0.3, 0.4) is 0 Å². The third-order valence-corrected chi connectivity index (χ3v) is 4.09. The number of hydrogen-bond donors (Lipinski definition) is 1. The maximum Gasteiger partial charge on any atom is 0.277 e. The molecule has 1 amide bonds. The third kappa shape index (κ3) is 6.58. The highest BCUT2D eigenvalue weighted by atomic mass is 16.5. The van der Waals surface area contributed by atoms with E-state index in [4.69, 9.17) is 23.7 Å². The average molecular weight is 416 g/mol. The number of unbranched alkanes of at least 4 members (excludes halogenated alkanes) is 1. The lowest BCUT2D eigenvalue weighted by molar-refractivity contribution is -0.123. The van der Waals surface area contributed by atoms with Gasteiger partial charge >= 0.3 is 0 Å². The molecular weight excluding hydrogens is 388 g/mol. The van der Waals surface area contributed by atoms with Crippen LogP contribution in [-0.4, -0.2) is 46.7 Å². The summed E-state index contributed by atoms with van der Waals surface area (Å²) in [6.07, 6.45) is 3.55. The Balaban J connectivity index is 1.87. The molecule has 30 heavy (non-hydrogen) atoms. The van der Waals surface area contributed by atoms with E-state index in [9.17, 15) is 4.79 Å². The molecule has 0 spiro atoms. The van der Waals surface area contributed by atoms with Crippen molar-refractivity contribution in [2.45, 2.75) is 19.8 Å². The van der Waals surface area contributed by atoms with Crippen LogP contribution in [0.1, 0.15) is 25.3 Å². The van der Waals surface area contributed by atoms with Crippen LogP contribution in [0.2, 0.25) is 0 Å². The zero-order valence-electron chi connectivity index (χ0n) is 17.8. The van der Waals surface area contributed by atoms with E-state index in [1.165, 1.54) is 27.5 Å². The van der Waals surface area contributed by atoms with Gasteiger partial charge in [-0.3, -0.25) is 4.79 Å². The summed E-state index contributed by atoms with van der Waals surface area (Å²) in [6, 6.07) is 10.6. The first-order valence-electron chi connectivity index (χ1n) is 9.59. The first-order chi connectivity index (χ1) is 14.6. The Morgan fingerprint density at radius 2 is 1.60 bits per heavy atom. The van der Waals surface area contributed by atoms with Crippen LogP contribution in [0.15, 0.2) is 41.5 Å². The van der Waals surface area contributed by atoms with E-state index < -0.39 is 5.91 Å². The van der Waals surface area contributed by atoms with Gasteiger partial charge in [0.15, 0.2) is 18.1 Å². The summed E-state index contributed by atoms with van der Waals surface area (Å²) in [4.78, 5) is 12.0. The molecular formula is C22H28N2O6. The fraction of sp³-hybridized carbons (Fsp3) is 0.364. The van der Waals surface area contributed by atoms with Crippen LogP contribution >= 0.6 is 0 Å². The lowest BCUT2D eigenvalue weighted by Crippen LogP contribution is -2.24. The Bertz CT molecular complexity index is 836. The van der Waals surface area contributed by atoms with Crippen molar-refractivity contribution in [1.82, 2.24) is 5.43 Å². The van der Waals surface area contributed by atoms with Crippen molar-refractivity contribution in [2.75, 3.05) is 34.5 Å². The summed E-state index contributed by atoms with van der Waals surface area (Å²) < 4.78 is 27.0. The predicted octanol–water partition coefficient (Wildman–Crippen LogP) is 3.42. The molecule has 0 bridgehead atoms. The topological polar surface area (TPSA) is 87.6 Å². The summed E-state index contributed by atoms with van der Waals surface area (Å²) in [5.41, 5.74) is 3.04. The van der Waals surface area contributed by atoms with Gasteiger partial charge < -0.3 is 23.7 Å². The number of nitrogens with zero attached hydrogens (tertiary/aromatic N) is 1. The highest BCUT2D eigenvalue weighted by molar-refractivity contribution is 5.87. The minimum atomic E-state index is -0.394. The quantitative estimate of drug-likeness (QED) is 0.324. The minimum absolute atomic E-state index is 0.170. The zero-order valence-corrected chi connectivity index (χ0v) is 17.8. The molecule has 1 N–H and O–H groups in total. The van der Waals surface area contributed by atoms with E-state index in [0.717, 1.165) is 18.6 Å². The molecule has 2 rings (SSSR count). The van der Waals surface area contributed by atoms with E-state index in [1.807, 2.05) is 12.1 Å². The van der Waals surface area contributed by atoms with Crippen molar-refractivity contribution in [1.29, 1.82) is 0 Å². The number of carbonyl (C=O) groups excluding carboxylic acids is 1. The lowest BCUT2D eigenvalue weighted by Gasteiger charge is -2.13. The smallest absolute Gasteiger partial charge is 0.277 e. The number of hydrogen-bond acceptors (Lipinski definition) is 7. The average Bonchev–Trinajstić information content (AvgIpc) is 2.78. The van der Waals surface area contributed by atoms with Gasteiger partial charge in [0, 0.05) is 5.56 Å². The number of nitrogens with one attached hydrogen (secondary N) is 1. The molecule has 2 aromatic carbocycles. The molecule has 0 unspecified atom stereocenters. The molecule has 8 nitrogen and oxygen atoms in total. The standard InChI is InChI=1S/C22H28N2O6/c1-5-6-13-29-17-8-10-18(11-9-17)30-15-20(25)24-23-14-16-7-12-19(26-2)22(28-4)21(16)27-3/h7-12,14H,5-6,13,15H2,1-4H3,(H,24,25)/b23-14+.